The second-order valence-electron chi connectivity index (χ2n) is 5.94. The van der Waals surface area contributed by atoms with Crippen LogP contribution in [0.3, 0.4) is 0 Å². The smallest absolute Gasteiger partial charge is 0.266 e. The van der Waals surface area contributed by atoms with Crippen molar-refractivity contribution in [2.24, 2.45) is 0 Å². The van der Waals surface area contributed by atoms with Crippen molar-refractivity contribution in [3.63, 3.8) is 0 Å². The van der Waals surface area contributed by atoms with Gasteiger partial charge in [0.15, 0.2) is 16.3 Å². The molecule has 0 saturated heterocycles. The van der Waals surface area contributed by atoms with Crippen molar-refractivity contribution in [2.45, 2.75) is 26.7 Å². The van der Waals surface area contributed by atoms with Gasteiger partial charge in [-0.05, 0) is 49.3 Å². The average Bonchev–Trinajstić information content (AvgIpc) is 2.65. The van der Waals surface area contributed by atoms with Gasteiger partial charge in [-0.1, -0.05) is 26.0 Å². The lowest BCUT2D eigenvalue weighted by atomic mass is 10.2. The Bertz CT molecular complexity index is 1020. The Morgan fingerprint density at radius 2 is 1.69 bits per heavy atom. The first-order chi connectivity index (χ1) is 12.7. The van der Waals surface area contributed by atoms with Gasteiger partial charge in [0.2, 0.25) is 0 Å². The highest BCUT2D eigenvalue weighted by molar-refractivity contribution is 7.71. The van der Waals surface area contributed by atoms with E-state index in [1.165, 1.54) is 4.57 Å². The average molecular weight is 370 g/mol. The van der Waals surface area contributed by atoms with Crippen molar-refractivity contribution in [1.82, 2.24) is 9.55 Å². The molecule has 26 heavy (non-hydrogen) atoms. The van der Waals surface area contributed by atoms with E-state index in [1.54, 1.807) is 12.1 Å². The molecule has 0 unspecified atom stereocenters. The molecule has 0 amide bonds. The fourth-order valence-corrected chi connectivity index (χ4v) is 2.99. The Hall–Kier alpha value is -2.60. The quantitative estimate of drug-likeness (QED) is 0.616. The van der Waals surface area contributed by atoms with E-state index in [9.17, 15) is 4.79 Å². The third-order valence-electron chi connectivity index (χ3n) is 3.91. The lowest BCUT2D eigenvalue weighted by Crippen LogP contribution is -2.20. The second-order valence-corrected chi connectivity index (χ2v) is 6.33. The number of hydrogen-bond donors (Lipinski definition) is 1. The van der Waals surface area contributed by atoms with Crippen molar-refractivity contribution in [2.75, 3.05) is 13.2 Å². The molecule has 0 fully saturated rings. The normalized spacial score (nSPS) is 10.8. The van der Waals surface area contributed by atoms with Crippen LogP contribution in [0.15, 0.2) is 47.3 Å². The molecule has 0 aliphatic carbocycles. The van der Waals surface area contributed by atoms with E-state index in [-0.39, 0.29) is 5.56 Å². The fourth-order valence-electron chi connectivity index (χ4n) is 2.69. The number of aromatic amines is 1. The number of H-pyrrole nitrogens is 1. The molecule has 0 atom stereocenters. The Morgan fingerprint density at radius 3 is 2.42 bits per heavy atom. The summed E-state index contributed by atoms with van der Waals surface area (Å²) in [6.07, 6.45) is 1.79. The van der Waals surface area contributed by atoms with Gasteiger partial charge in [0.05, 0.1) is 29.8 Å². The highest BCUT2D eigenvalue weighted by atomic mass is 32.1. The van der Waals surface area contributed by atoms with Crippen LogP contribution in [0, 0.1) is 4.77 Å². The van der Waals surface area contributed by atoms with Crippen LogP contribution in [-0.2, 0) is 0 Å². The Labute approximate surface area is 157 Å². The second kappa shape index (κ2) is 8.19. The molecule has 0 saturated carbocycles. The number of rotatable bonds is 7. The largest absolute Gasteiger partial charge is 0.490 e. The van der Waals surface area contributed by atoms with Crippen LogP contribution in [-0.4, -0.2) is 22.8 Å². The SMILES string of the molecule is CCCOc1ccc(-n2c(=S)[nH]c3ccccc3c2=O)cc1OCCC. The summed E-state index contributed by atoms with van der Waals surface area (Å²) in [5.74, 6) is 1.29. The number of nitrogens with one attached hydrogen (secondary N) is 1. The van der Waals surface area contributed by atoms with Gasteiger partial charge in [-0.3, -0.25) is 9.36 Å². The first-order valence-corrected chi connectivity index (χ1v) is 9.20. The third-order valence-corrected chi connectivity index (χ3v) is 4.20. The van der Waals surface area contributed by atoms with Gasteiger partial charge in [-0.2, -0.15) is 0 Å². The van der Waals surface area contributed by atoms with Gasteiger partial charge in [-0.15, -0.1) is 0 Å². The van der Waals surface area contributed by atoms with E-state index < -0.39 is 0 Å². The minimum atomic E-state index is -0.159. The third kappa shape index (κ3) is 3.65. The number of fused-ring (bicyclic) bond motifs is 1. The monoisotopic (exact) mass is 370 g/mol. The Balaban J connectivity index is 2.13. The van der Waals surface area contributed by atoms with E-state index in [1.807, 2.05) is 37.3 Å². The first-order valence-electron chi connectivity index (χ1n) is 8.79. The zero-order valence-electron chi connectivity index (χ0n) is 15.0. The summed E-state index contributed by atoms with van der Waals surface area (Å²) >= 11 is 5.42. The summed E-state index contributed by atoms with van der Waals surface area (Å²) < 4.78 is 13.4. The van der Waals surface area contributed by atoms with Crippen LogP contribution in [0.25, 0.3) is 16.6 Å². The Kier molecular flexibility index (Phi) is 5.73. The lowest BCUT2D eigenvalue weighted by Gasteiger charge is -2.15. The van der Waals surface area contributed by atoms with Gasteiger partial charge < -0.3 is 14.5 Å². The molecule has 1 heterocycles. The molecule has 1 N–H and O–H groups in total. The summed E-state index contributed by atoms with van der Waals surface area (Å²) in [7, 11) is 0. The highest BCUT2D eigenvalue weighted by Crippen LogP contribution is 2.30. The molecule has 136 valence electrons. The first kappa shape index (κ1) is 18.2. The highest BCUT2D eigenvalue weighted by Gasteiger charge is 2.12. The summed E-state index contributed by atoms with van der Waals surface area (Å²) in [5.41, 5.74) is 1.22. The molecule has 3 rings (SSSR count). The van der Waals surface area contributed by atoms with Crippen molar-refractivity contribution in [3.05, 3.63) is 57.6 Å². The van der Waals surface area contributed by atoms with Crippen molar-refractivity contribution in [1.29, 1.82) is 0 Å². The minimum Gasteiger partial charge on any atom is -0.490 e. The van der Waals surface area contributed by atoms with E-state index in [0.29, 0.717) is 40.6 Å². The predicted molar refractivity (Wildman–Crippen MR) is 106 cm³/mol. The van der Waals surface area contributed by atoms with Gasteiger partial charge in [-0.25, -0.2) is 0 Å². The van der Waals surface area contributed by atoms with Gasteiger partial charge in [0.25, 0.3) is 5.56 Å². The van der Waals surface area contributed by atoms with Gasteiger partial charge in [0.1, 0.15) is 0 Å². The molecule has 0 aliphatic heterocycles. The van der Waals surface area contributed by atoms with Gasteiger partial charge >= 0.3 is 0 Å². The molecule has 3 aromatic rings. The maximum absolute atomic E-state index is 12.9. The molecule has 0 aliphatic rings. The number of para-hydroxylation sites is 1. The summed E-state index contributed by atoms with van der Waals surface area (Å²) in [5, 5.41) is 0.587. The molecule has 2 aromatic carbocycles. The maximum Gasteiger partial charge on any atom is 0.266 e. The van der Waals surface area contributed by atoms with Crippen LogP contribution >= 0.6 is 12.2 Å². The van der Waals surface area contributed by atoms with Crippen molar-refractivity contribution >= 4 is 23.1 Å². The van der Waals surface area contributed by atoms with Crippen molar-refractivity contribution in [3.8, 4) is 17.2 Å². The molecule has 6 heteroatoms. The van der Waals surface area contributed by atoms with Crippen LogP contribution in [0.2, 0.25) is 0 Å². The molecule has 0 radical (unpaired) electrons. The molecular formula is C20H22N2O3S. The van der Waals surface area contributed by atoms with Crippen molar-refractivity contribution < 1.29 is 9.47 Å². The zero-order chi connectivity index (χ0) is 18.5. The molecule has 5 nitrogen and oxygen atoms in total. The zero-order valence-corrected chi connectivity index (χ0v) is 15.8. The number of nitrogens with zero attached hydrogens (tertiary/aromatic N) is 1. The van der Waals surface area contributed by atoms with E-state index >= 15 is 0 Å². The summed E-state index contributed by atoms with van der Waals surface area (Å²) in [4.78, 5) is 16.1. The topological polar surface area (TPSA) is 56.2 Å². The summed E-state index contributed by atoms with van der Waals surface area (Å²) in [6.45, 7) is 5.28. The van der Waals surface area contributed by atoms with Crippen LogP contribution in [0.4, 0.5) is 0 Å². The maximum atomic E-state index is 12.9. The standard InChI is InChI=1S/C20H22N2O3S/c1-3-11-24-17-10-9-14(13-18(17)25-12-4-2)22-19(23)15-7-5-6-8-16(15)21-20(22)26/h5-10,13H,3-4,11-12H2,1-2H3,(H,21,26). The molecule has 0 spiro atoms. The fraction of sp³-hybridized carbons (Fsp3) is 0.300. The number of ether oxygens (including phenoxy) is 2. The van der Waals surface area contributed by atoms with Crippen LogP contribution < -0.4 is 15.0 Å². The number of hydrogen-bond acceptors (Lipinski definition) is 4. The predicted octanol–water partition coefficient (Wildman–Crippen LogP) is 4.63. The molecule has 0 bridgehead atoms. The van der Waals surface area contributed by atoms with Gasteiger partial charge in [0, 0.05) is 6.07 Å². The van der Waals surface area contributed by atoms with E-state index in [0.717, 1.165) is 18.4 Å². The number of benzene rings is 2. The van der Waals surface area contributed by atoms with E-state index in [4.69, 9.17) is 21.7 Å². The lowest BCUT2D eigenvalue weighted by molar-refractivity contribution is 0.268. The molecular weight excluding hydrogens is 348 g/mol. The summed E-state index contributed by atoms with van der Waals surface area (Å²) in [6, 6.07) is 12.8. The van der Waals surface area contributed by atoms with Crippen LogP contribution in [0.1, 0.15) is 26.7 Å². The number of aromatic nitrogens is 2. The Morgan fingerprint density at radius 1 is 1.00 bits per heavy atom. The minimum absolute atomic E-state index is 0.159. The van der Waals surface area contributed by atoms with Crippen LogP contribution in [0.5, 0.6) is 11.5 Å². The van der Waals surface area contributed by atoms with E-state index in [2.05, 4.69) is 11.9 Å². The molecule has 1 aromatic heterocycles.